The quantitative estimate of drug-likeness (QED) is 0.345. The number of anilines is 2. The zero-order chi connectivity index (χ0) is 22.5. The van der Waals surface area contributed by atoms with Gasteiger partial charge in [0.05, 0.1) is 0 Å². The number of carbonyl (C=O) groups is 1. The number of urea groups is 1. The minimum Gasteiger partial charge on any atom is -0.429 e. The number of amides is 2. The lowest BCUT2D eigenvalue weighted by Gasteiger charge is -2.18. The Hall–Kier alpha value is -2.53. The third-order valence-electron chi connectivity index (χ3n) is 3.24. The van der Waals surface area contributed by atoms with Crippen LogP contribution in [0.2, 0.25) is 0 Å². The van der Waals surface area contributed by atoms with Crippen LogP contribution in [0.5, 0.6) is 11.5 Å². The molecule has 13 heteroatoms. The molecule has 2 amide bonds. The molecule has 0 saturated carbocycles. The molecule has 5 nitrogen and oxygen atoms in total. The molecular weight excluding hydrogens is 465 g/mol. The number of rotatable bonds is 8. The summed E-state index contributed by atoms with van der Waals surface area (Å²) in [6.07, 6.45) is -8.47. The first-order valence-electron chi connectivity index (χ1n) is 7.87. The standard InChI is InChI=1S/C17H12Cl2F6N2O3/c18-13(20)16(22,23)29-11-5-1-9(2-6-11)26-15(28)27-10-3-7-12(8-4-10)30-17(24,25)14(19)21/h1-8,13-14H,(H2,26,27,28). The topological polar surface area (TPSA) is 59.6 Å². The molecule has 30 heavy (non-hydrogen) atoms. The van der Waals surface area contributed by atoms with Crippen molar-refractivity contribution in [2.45, 2.75) is 23.5 Å². The maximum Gasteiger partial charge on any atom is 0.444 e. The van der Waals surface area contributed by atoms with Gasteiger partial charge in [-0.05, 0) is 48.5 Å². The Labute approximate surface area is 175 Å². The summed E-state index contributed by atoms with van der Waals surface area (Å²) in [5.74, 6) is -0.789. The third kappa shape index (κ3) is 6.77. The van der Waals surface area contributed by atoms with E-state index in [-0.39, 0.29) is 11.4 Å². The van der Waals surface area contributed by atoms with E-state index in [0.717, 1.165) is 24.3 Å². The van der Waals surface area contributed by atoms with Crippen LogP contribution >= 0.6 is 23.2 Å². The van der Waals surface area contributed by atoms with Gasteiger partial charge in [-0.25, -0.2) is 13.6 Å². The molecular formula is C17H12Cl2F6N2O3. The van der Waals surface area contributed by atoms with Gasteiger partial charge in [-0.2, -0.15) is 17.6 Å². The number of alkyl halides is 8. The summed E-state index contributed by atoms with van der Waals surface area (Å²) in [7, 11) is 0. The smallest absolute Gasteiger partial charge is 0.429 e. The van der Waals surface area contributed by atoms with Gasteiger partial charge in [-0.3, -0.25) is 0 Å². The fourth-order valence-electron chi connectivity index (χ4n) is 1.91. The van der Waals surface area contributed by atoms with Crippen molar-refractivity contribution in [1.82, 2.24) is 0 Å². The number of hydrogen-bond acceptors (Lipinski definition) is 3. The highest BCUT2D eigenvalue weighted by atomic mass is 35.5. The van der Waals surface area contributed by atoms with Crippen LogP contribution in [0.1, 0.15) is 0 Å². The predicted molar refractivity (Wildman–Crippen MR) is 98.2 cm³/mol. The zero-order valence-electron chi connectivity index (χ0n) is 14.5. The molecule has 2 N–H and O–H groups in total. The van der Waals surface area contributed by atoms with Gasteiger partial charge in [0.15, 0.2) is 0 Å². The van der Waals surface area contributed by atoms with Crippen molar-refractivity contribution in [2.24, 2.45) is 0 Å². The van der Waals surface area contributed by atoms with Crippen LogP contribution in [0, 0.1) is 0 Å². The molecule has 0 aliphatic rings. The molecule has 0 spiro atoms. The Morgan fingerprint density at radius 2 is 1.03 bits per heavy atom. The maximum atomic E-state index is 13.1. The lowest BCUT2D eigenvalue weighted by atomic mass is 10.3. The van der Waals surface area contributed by atoms with Gasteiger partial charge < -0.3 is 20.1 Å². The monoisotopic (exact) mass is 476 g/mol. The van der Waals surface area contributed by atoms with Crippen LogP contribution < -0.4 is 20.1 Å². The van der Waals surface area contributed by atoms with Crippen molar-refractivity contribution in [3.8, 4) is 11.5 Å². The molecule has 2 aromatic carbocycles. The minimum absolute atomic E-state index is 0.168. The molecule has 0 heterocycles. The van der Waals surface area contributed by atoms with Crippen LogP contribution in [0.4, 0.5) is 42.5 Å². The number of ether oxygens (including phenoxy) is 2. The lowest BCUT2D eigenvalue weighted by Crippen LogP contribution is -2.32. The maximum absolute atomic E-state index is 13.1. The summed E-state index contributed by atoms with van der Waals surface area (Å²) >= 11 is 9.35. The van der Waals surface area contributed by atoms with Gasteiger partial charge in [0, 0.05) is 11.4 Å². The van der Waals surface area contributed by atoms with E-state index in [0.29, 0.717) is 0 Å². The summed E-state index contributed by atoms with van der Waals surface area (Å²) in [5, 5.41) is 4.72. The van der Waals surface area contributed by atoms with Crippen LogP contribution in [-0.2, 0) is 0 Å². The molecule has 0 aliphatic carbocycles. The number of benzene rings is 2. The second kappa shape index (κ2) is 9.52. The largest absolute Gasteiger partial charge is 0.444 e. The molecule has 164 valence electrons. The van der Waals surface area contributed by atoms with Gasteiger partial charge >= 0.3 is 18.2 Å². The van der Waals surface area contributed by atoms with Crippen molar-refractivity contribution in [1.29, 1.82) is 0 Å². The van der Waals surface area contributed by atoms with Gasteiger partial charge in [-0.15, -0.1) is 0 Å². The zero-order valence-corrected chi connectivity index (χ0v) is 16.0. The fraction of sp³-hybridized carbons (Fsp3) is 0.235. The predicted octanol–water partition coefficient (Wildman–Crippen LogP) is 6.34. The molecule has 2 unspecified atom stereocenters. The van der Waals surface area contributed by atoms with E-state index in [4.69, 9.17) is 0 Å². The van der Waals surface area contributed by atoms with Crippen molar-refractivity contribution in [3.63, 3.8) is 0 Å². The van der Waals surface area contributed by atoms with Gasteiger partial charge in [0.1, 0.15) is 11.5 Å². The molecule has 0 bridgehead atoms. The average molecular weight is 477 g/mol. The van der Waals surface area contributed by atoms with Gasteiger partial charge in [0.25, 0.3) is 11.3 Å². The first-order valence-corrected chi connectivity index (χ1v) is 8.74. The second-order valence-corrected chi connectivity index (χ2v) is 6.32. The Morgan fingerprint density at radius 3 is 1.30 bits per heavy atom. The first kappa shape index (κ1) is 23.7. The van der Waals surface area contributed by atoms with Crippen molar-refractivity contribution in [3.05, 3.63) is 48.5 Å². The summed E-state index contributed by atoms with van der Waals surface area (Å²) < 4.78 is 85.5. The molecule has 0 fully saturated rings. The van der Waals surface area contributed by atoms with Crippen LogP contribution in [0.15, 0.2) is 48.5 Å². The van der Waals surface area contributed by atoms with Crippen molar-refractivity contribution >= 4 is 40.6 Å². The molecule has 0 saturated heterocycles. The summed E-state index contributed by atoms with van der Waals surface area (Å²) in [4.78, 5) is 11.9. The van der Waals surface area contributed by atoms with E-state index in [1.807, 2.05) is 0 Å². The first-order chi connectivity index (χ1) is 13.9. The van der Waals surface area contributed by atoms with E-state index in [2.05, 4.69) is 43.3 Å². The summed E-state index contributed by atoms with van der Waals surface area (Å²) in [5.41, 5.74) is -5.75. The lowest BCUT2D eigenvalue weighted by molar-refractivity contribution is -0.199. The van der Waals surface area contributed by atoms with Gasteiger partial charge in [-0.1, -0.05) is 23.2 Å². The highest BCUT2D eigenvalue weighted by molar-refractivity contribution is 6.20. The van der Waals surface area contributed by atoms with E-state index in [1.54, 1.807) is 0 Å². The minimum atomic E-state index is -4.23. The second-order valence-electron chi connectivity index (χ2n) is 5.56. The Morgan fingerprint density at radius 1 is 0.733 bits per heavy atom. The van der Waals surface area contributed by atoms with Crippen molar-refractivity contribution < 1.29 is 40.6 Å². The summed E-state index contributed by atoms with van der Waals surface area (Å²) in [6.45, 7) is 0. The van der Waals surface area contributed by atoms with Crippen molar-refractivity contribution in [2.75, 3.05) is 10.6 Å². The SMILES string of the molecule is O=C(Nc1ccc(OC(F)(F)C(F)Cl)cc1)Nc1ccc(OC(F)(F)C(F)Cl)cc1. The van der Waals surface area contributed by atoms with Crippen LogP contribution in [0.3, 0.4) is 0 Å². The average Bonchev–Trinajstić information content (AvgIpc) is 2.64. The third-order valence-corrected chi connectivity index (χ3v) is 3.75. The Bertz CT molecular complexity index is 782. The van der Waals surface area contributed by atoms with Crippen LogP contribution in [-0.4, -0.2) is 29.5 Å². The number of nitrogens with one attached hydrogen (secondary N) is 2. The molecule has 2 atom stereocenters. The van der Waals surface area contributed by atoms with Crippen LogP contribution in [0.25, 0.3) is 0 Å². The number of halogens is 8. The Balaban J connectivity index is 1.91. The Kier molecular flexibility index (Phi) is 7.54. The summed E-state index contributed by atoms with van der Waals surface area (Å²) in [6, 6.07) is 8.22. The number of hydrogen-bond donors (Lipinski definition) is 2. The highest BCUT2D eigenvalue weighted by Gasteiger charge is 2.42. The molecule has 2 rings (SSSR count). The normalized spacial score (nSPS) is 13.9. The van der Waals surface area contributed by atoms with E-state index < -0.39 is 41.0 Å². The molecule has 2 aromatic rings. The van der Waals surface area contributed by atoms with E-state index in [1.165, 1.54) is 24.3 Å². The fourth-order valence-corrected chi connectivity index (χ4v) is 2.00. The molecule has 0 aromatic heterocycles. The highest BCUT2D eigenvalue weighted by Crippen LogP contribution is 2.30. The van der Waals surface area contributed by atoms with E-state index >= 15 is 0 Å². The molecule has 0 aliphatic heterocycles. The number of carbonyl (C=O) groups excluding carboxylic acids is 1. The molecule has 0 radical (unpaired) electrons. The van der Waals surface area contributed by atoms with Gasteiger partial charge in [0.2, 0.25) is 0 Å². The van der Waals surface area contributed by atoms with E-state index in [9.17, 15) is 31.1 Å².